The van der Waals surface area contributed by atoms with Crippen LogP contribution in [0.1, 0.15) is 27.7 Å². The normalized spacial score (nSPS) is 9.50. The van der Waals surface area contributed by atoms with Gasteiger partial charge in [0.15, 0.2) is 0 Å². The molecule has 0 aliphatic heterocycles. The van der Waals surface area contributed by atoms with Crippen LogP contribution in [0.5, 0.6) is 0 Å². The van der Waals surface area contributed by atoms with Gasteiger partial charge in [-0.15, -0.1) is 24.8 Å². The molecule has 0 aliphatic carbocycles. The van der Waals surface area contributed by atoms with E-state index in [-0.39, 0.29) is 24.8 Å². The third-order valence-electron chi connectivity index (χ3n) is 1.23. The molecular formula is C8H22Cl2N2. The zero-order chi connectivity index (χ0) is 7.98. The number of halogens is 2. The summed E-state index contributed by atoms with van der Waals surface area (Å²) < 4.78 is 0. The zero-order valence-electron chi connectivity index (χ0n) is 8.39. The quantitative estimate of drug-likeness (QED) is 0.686. The Bertz CT molecular complexity index is 67.5. The molecule has 0 saturated heterocycles. The van der Waals surface area contributed by atoms with Crippen LogP contribution in [-0.4, -0.2) is 25.2 Å². The molecule has 0 amide bonds. The predicted molar refractivity (Wildman–Crippen MR) is 60.8 cm³/mol. The van der Waals surface area contributed by atoms with Crippen LogP contribution < -0.4 is 10.6 Å². The smallest absolute Gasteiger partial charge is 0.00791 e. The third kappa shape index (κ3) is 16.8. The predicted octanol–water partition coefficient (Wildman–Crippen LogP) is 1.83. The maximum absolute atomic E-state index is 3.34. The van der Waals surface area contributed by atoms with Crippen molar-refractivity contribution in [2.24, 2.45) is 0 Å². The van der Waals surface area contributed by atoms with E-state index in [9.17, 15) is 0 Å². The van der Waals surface area contributed by atoms with Gasteiger partial charge in [-0.3, -0.25) is 0 Å². The van der Waals surface area contributed by atoms with Crippen LogP contribution in [0.2, 0.25) is 0 Å². The molecule has 0 spiro atoms. The van der Waals surface area contributed by atoms with E-state index in [2.05, 4.69) is 38.3 Å². The van der Waals surface area contributed by atoms with Gasteiger partial charge < -0.3 is 10.6 Å². The van der Waals surface area contributed by atoms with Gasteiger partial charge in [-0.2, -0.15) is 0 Å². The second-order valence-corrected chi connectivity index (χ2v) is 3.22. The summed E-state index contributed by atoms with van der Waals surface area (Å²) in [4.78, 5) is 0. The summed E-state index contributed by atoms with van der Waals surface area (Å²) in [7, 11) is 0. The van der Waals surface area contributed by atoms with E-state index in [1.165, 1.54) is 0 Å². The molecule has 0 unspecified atom stereocenters. The van der Waals surface area contributed by atoms with Crippen LogP contribution >= 0.6 is 24.8 Å². The molecule has 0 aromatic carbocycles. The Labute approximate surface area is 88.7 Å². The highest BCUT2D eigenvalue weighted by atomic mass is 35.5. The summed E-state index contributed by atoms with van der Waals surface area (Å²) >= 11 is 0. The molecule has 0 aliphatic rings. The molecular weight excluding hydrogens is 195 g/mol. The number of hydrogen-bond acceptors (Lipinski definition) is 2. The lowest BCUT2D eigenvalue weighted by atomic mass is 10.3. The van der Waals surface area contributed by atoms with Gasteiger partial charge in [-0.05, 0) is 0 Å². The van der Waals surface area contributed by atoms with E-state index < -0.39 is 0 Å². The summed E-state index contributed by atoms with van der Waals surface area (Å²) in [6.45, 7) is 10.8. The van der Waals surface area contributed by atoms with E-state index in [4.69, 9.17) is 0 Å². The third-order valence-corrected chi connectivity index (χ3v) is 1.23. The lowest BCUT2D eigenvalue weighted by Gasteiger charge is -2.10. The Kier molecular flexibility index (Phi) is 17.6. The van der Waals surface area contributed by atoms with E-state index in [1.54, 1.807) is 0 Å². The Balaban J connectivity index is -0.000000405. The van der Waals surface area contributed by atoms with Gasteiger partial charge in [-0.25, -0.2) is 0 Å². The van der Waals surface area contributed by atoms with Gasteiger partial charge >= 0.3 is 0 Å². The summed E-state index contributed by atoms with van der Waals surface area (Å²) in [5.74, 6) is 0. The second-order valence-electron chi connectivity index (χ2n) is 3.22. The largest absolute Gasteiger partial charge is 0.313 e. The monoisotopic (exact) mass is 216 g/mol. The van der Waals surface area contributed by atoms with E-state index >= 15 is 0 Å². The molecule has 4 heteroatoms. The first kappa shape index (κ1) is 18.3. The molecule has 0 fully saturated rings. The Morgan fingerprint density at radius 3 is 1.17 bits per heavy atom. The van der Waals surface area contributed by atoms with Crippen molar-refractivity contribution in [3.8, 4) is 0 Å². The van der Waals surface area contributed by atoms with Crippen molar-refractivity contribution in [3.05, 3.63) is 0 Å². The standard InChI is InChI=1S/C8H20N2.2ClH/c1-7(2)9-5-6-10-8(3)4;;/h7-10H,5-6H2,1-4H3;2*1H. The average molecular weight is 217 g/mol. The number of rotatable bonds is 5. The molecule has 0 heterocycles. The van der Waals surface area contributed by atoms with Crippen LogP contribution in [0, 0.1) is 0 Å². The first-order chi connectivity index (χ1) is 4.63. The van der Waals surface area contributed by atoms with Crippen molar-refractivity contribution in [1.29, 1.82) is 0 Å². The molecule has 0 aromatic rings. The van der Waals surface area contributed by atoms with Crippen LogP contribution in [0.3, 0.4) is 0 Å². The second kappa shape index (κ2) is 11.5. The molecule has 0 atom stereocenters. The fourth-order valence-electron chi connectivity index (χ4n) is 0.722. The molecule has 0 aromatic heterocycles. The highest BCUT2D eigenvalue weighted by Crippen LogP contribution is 1.76. The Hall–Kier alpha value is 0.500. The van der Waals surface area contributed by atoms with Gasteiger partial charge in [0, 0.05) is 25.2 Å². The highest BCUT2D eigenvalue weighted by molar-refractivity contribution is 5.85. The molecule has 2 nitrogen and oxygen atoms in total. The SMILES string of the molecule is CC(C)NCCNC(C)C.Cl.Cl. The van der Waals surface area contributed by atoms with Gasteiger partial charge in [-0.1, -0.05) is 27.7 Å². The van der Waals surface area contributed by atoms with Crippen molar-refractivity contribution < 1.29 is 0 Å². The van der Waals surface area contributed by atoms with Crippen LogP contribution in [0.25, 0.3) is 0 Å². The minimum absolute atomic E-state index is 0. The molecule has 0 radical (unpaired) electrons. The fourth-order valence-corrected chi connectivity index (χ4v) is 0.722. The first-order valence-electron chi connectivity index (χ1n) is 4.09. The van der Waals surface area contributed by atoms with Crippen molar-refractivity contribution in [3.63, 3.8) is 0 Å². The highest BCUT2D eigenvalue weighted by Gasteiger charge is 1.92. The number of nitrogens with one attached hydrogen (secondary N) is 2. The van der Waals surface area contributed by atoms with Crippen molar-refractivity contribution in [2.75, 3.05) is 13.1 Å². The average Bonchev–Trinajstić information content (AvgIpc) is 1.79. The van der Waals surface area contributed by atoms with Crippen LogP contribution in [0.15, 0.2) is 0 Å². The van der Waals surface area contributed by atoms with E-state index in [1.807, 2.05) is 0 Å². The minimum Gasteiger partial charge on any atom is -0.313 e. The van der Waals surface area contributed by atoms with Crippen molar-refractivity contribution >= 4 is 24.8 Å². The number of hydrogen-bond donors (Lipinski definition) is 2. The van der Waals surface area contributed by atoms with Gasteiger partial charge in [0.05, 0.1) is 0 Å². The Morgan fingerprint density at radius 2 is 1.00 bits per heavy atom. The van der Waals surface area contributed by atoms with Gasteiger partial charge in [0.2, 0.25) is 0 Å². The van der Waals surface area contributed by atoms with Gasteiger partial charge in [0.1, 0.15) is 0 Å². The topological polar surface area (TPSA) is 24.1 Å². The summed E-state index contributed by atoms with van der Waals surface area (Å²) in [6, 6.07) is 1.21. The molecule has 0 saturated carbocycles. The molecule has 0 rings (SSSR count). The summed E-state index contributed by atoms with van der Waals surface area (Å²) in [6.07, 6.45) is 0. The first-order valence-corrected chi connectivity index (χ1v) is 4.09. The zero-order valence-corrected chi connectivity index (χ0v) is 10.0. The lowest BCUT2D eigenvalue weighted by Crippen LogP contribution is -2.34. The van der Waals surface area contributed by atoms with Crippen molar-refractivity contribution in [1.82, 2.24) is 10.6 Å². The van der Waals surface area contributed by atoms with Crippen LogP contribution in [0.4, 0.5) is 0 Å². The molecule has 2 N–H and O–H groups in total. The minimum atomic E-state index is 0. The maximum Gasteiger partial charge on any atom is 0.00791 e. The fraction of sp³-hybridized carbons (Fsp3) is 1.00. The summed E-state index contributed by atoms with van der Waals surface area (Å²) in [5, 5.41) is 6.68. The molecule has 12 heavy (non-hydrogen) atoms. The van der Waals surface area contributed by atoms with E-state index in [0.717, 1.165) is 13.1 Å². The maximum atomic E-state index is 3.34. The Morgan fingerprint density at radius 1 is 0.750 bits per heavy atom. The van der Waals surface area contributed by atoms with Gasteiger partial charge in [0.25, 0.3) is 0 Å². The van der Waals surface area contributed by atoms with Crippen LogP contribution in [-0.2, 0) is 0 Å². The molecule has 0 bridgehead atoms. The summed E-state index contributed by atoms with van der Waals surface area (Å²) in [5.41, 5.74) is 0. The lowest BCUT2D eigenvalue weighted by molar-refractivity contribution is 0.525. The van der Waals surface area contributed by atoms with Crippen molar-refractivity contribution in [2.45, 2.75) is 39.8 Å². The van der Waals surface area contributed by atoms with E-state index in [0.29, 0.717) is 12.1 Å². The molecule has 78 valence electrons.